The summed E-state index contributed by atoms with van der Waals surface area (Å²) in [6.07, 6.45) is 0. The van der Waals surface area contributed by atoms with E-state index in [0.717, 1.165) is 9.87 Å². The first kappa shape index (κ1) is 19.9. The number of nitrogens with one attached hydrogen (secondary N) is 1. The van der Waals surface area contributed by atoms with Gasteiger partial charge in [-0.05, 0) is 48.9 Å². The molecular formula is C21H19ClN2O3S. The number of sulfonamides is 1. The van der Waals surface area contributed by atoms with Crippen LogP contribution in [0.1, 0.15) is 5.56 Å². The van der Waals surface area contributed by atoms with Crippen LogP contribution in [0.4, 0.5) is 11.4 Å². The van der Waals surface area contributed by atoms with Crippen molar-refractivity contribution in [2.45, 2.75) is 11.8 Å². The third-order valence-corrected chi connectivity index (χ3v) is 6.40. The Bertz CT molecular complexity index is 1070. The van der Waals surface area contributed by atoms with Crippen molar-refractivity contribution < 1.29 is 13.2 Å². The highest BCUT2D eigenvalue weighted by Crippen LogP contribution is 2.25. The van der Waals surface area contributed by atoms with Crippen LogP contribution in [0.25, 0.3) is 0 Å². The number of hydrogen-bond donors (Lipinski definition) is 1. The summed E-state index contributed by atoms with van der Waals surface area (Å²) in [5.41, 5.74) is 1.67. The number of rotatable bonds is 6. The van der Waals surface area contributed by atoms with Crippen molar-refractivity contribution in [3.8, 4) is 0 Å². The van der Waals surface area contributed by atoms with Gasteiger partial charge in [0.05, 0.1) is 10.6 Å². The number of amides is 1. The number of carbonyl (C=O) groups is 1. The average molecular weight is 415 g/mol. The number of benzene rings is 3. The highest BCUT2D eigenvalue weighted by atomic mass is 35.5. The predicted octanol–water partition coefficient (Wildman–Crippen LogP) is 4.48. The fourth-order valence-electron chi connectivity index (χ4n) is 2.69. The molecule has 0 aliphatic heterocycles. The minimum atomic E-state index is -3.91. The molecule has 3 aromatic rings. The maximum atomic E-state index is 13.2. The molecule has 144 valence electrons. The molecule has 3 aromatic carbocycles. The van der Waals surface area contributed by atoms with Gasteiger partial charge in [0.15, 0.2) is 0 Å². The van der Waals surface area contributed by atoms with E-state index in [0.29, 0.717) is 16.4 Å². The van der Waals surface area contributed by atoms with Crippen molar-refractivity contribution in [2.75, 3.05) is 16.2 Å². The molecule has 28 heavy (non-hydrogen) atoms. The Morgan fingerprint density at radius 3 is 2.18 bits per heavy atom. The third kappa shape index (κ3) is 4.35. The Morgan fingerprint density at radius 2 is 1.54 bits per heavy atom. The first-order chi connectivity index (χ1) is 13.4. The summed E-state index contributed by atoms with van der Waals surface area (Å²) in [4.78, 5) is 12.8. The molecule has 0 aliphatic rings. The van der Waals surface area contributed by atoms with Crippen molar-refractivity contribution in [1.29, 1.82) is 0 Å². The lowest BCUT2D eigenvalue weighted by Gasteiger charge is -2.24. The summed E-state index contributed by atoms with van der Waals surface area (Å²) < 4.78 is 27.4. The highest BCUT2D eigenvalue weighted by molar-refractivity contribution is 7.92. The van der Waals surface area contributed by atoms with E-state index in [-0.39, 0.29) is 11.4 Å². The molecule has 0 unspecified atom stereocenters. The van der Waals surface area contributed by atoms with Crippen LogP contribution < -0.4 is 9.62 Å². The Balaban J connectivity index is 1.92. The van der Waals surface area contributed by atoms with Gasteiger partial charge in [-0.25, -0.2) is 8.42 Å². The Hall–Kier alpha value is -2.83. The standard InChI is InChI=1S/C21H19ClN2O3S/c1-16-19(22)13-8-14-20(16)23-21(25)15-24(17-9-4-2-5-10-17)28(26,27)18-11-6-3-7-12-18/h2-14H,15H2,1H3,(H,23,25). The SMILES string of the molecule is Cc1c(Cl)cccc1NC(=O)CN(c1ccccc1)S(=O)(=O)c1ccccc1. The topological polar surface area (TPSA) is 66.5 Å². The summed E-state index contributed by atoms with van der Waals surface area (Å²) in [5, 5.41) is 3.27. The number of halogens is 1. The maximum Gasteiger partial charge on any atom is 0.264 e. The van der Waals surface area contributed by atoms with Crippen LogP contribution in [-0.4, -0.2) is 20.9 Å². The monoisotopic (exact) mass is 414 g/mol. The molecule has 3 rings (SSSR count). The van der Waals surface area contributed by atoms with Crippen LogP contribution in [0.2, 0.25) is 5.02 Å². The van der Waals surface area contributed by atoms with E-state index in [2.05, 4.69) is 5.32 Å². The number of para-hydroxylation sites is 1. The average Bonchev–Trinajstić information content (AvgIpc) is 2.71. The molecule has 0 fully saturated rings. The lowest BCUT2D eigenvalue weighted by molar-refractivity contribution is -0.114. The fraction of sp³-hybridized carbons (Fsp3) is 0.0952. The van der Waals surface area contributed by atoms with Gasteiger partial charge in [0.25, 0.3) is 10.0 Å². The number of anilines is 2. The molecule has 0 bridgehead atoms. The van der Waals surface area contributed by atoms with Gasteiger partial charge < -0.3 is 5.32 Å². The molecule has 0 heterocycles. The summed E-state index contributed by atoms with van der Waals surface area (Å²) >= 11 is 6.09. The van der Waals surface area contributed by atoms with Gasteiger partial charge in [-0.1, -0.05) is 54.1 Å². The fourth-order valence-corrected chi connectivity index (χ4v) is 4.31. The smallest absolute Gasteiger partial charge is 0.264 e. The van der Waals surface area contributed by atoms with Crippen LogP contribution in [0.3, 0.4) is 0 Å². The number of nitrogens with zero attached hydrogens (tertiary/aromatic N) is 1. The Morgan fingerprint density at radius 1 is 0.929 bits per heavy atom. The molecular weight excluding hydrogens is 396 g/mol. The molecule has 0 aromatic heterocycles. The van der Waals surface area contributed by atoms with Crippen molar-refractivity contribution in [3.63, 3.8) is 0 Å². The lowest BCUT2D eigenvalue weighted by Crippen LogP contribution is -2.38. The van der Waals surface area contributed by atoms with E-state index < -0.39 is 15.9 Å². The van der Waals surface area contributed by atoms with E-state index >= 15 is 0 Å². The highest BCUT2D eigenvalue weighted by Gasteiger charge is 2.27. The summed E-state index contributed by atoms with van der Waals surface area (Å²) in [7, 11) is -3.91. The molecule has 0 radical (unpaired) electrons. The predicted molar refractivity (Wildman–Crippen MR) is 112 cm³/mol. The van der Waals surface area contributed by atoms with Crippen molar-refractivity contribution in [1.82, 2.24) is 0 Å². The molecule has 0 spiro atoms. The van der Waals surface area contributed by atoms with Gasteiger partial charge >= 0.3 is 0 Å². The second-order valence-corrected chi connectivity index (χ2v) is 8.39. The summed E-state index contributed by atoms with van der Waals surface area (Å²) in [5.74, 6) is -0.464. The third-order valence-electron chi connectivity index (χ3n) is 4.20. The Kier molecular flexibility index (Phi) is 6.02. The van der Waals surface area contributed by atoms with E-state index in [9.17, 15) is 13.2 Å². The quantitative estimate of drug-likeness (QED) is 0.646. The molecule has 0 saturated heterocycles. The minimum Gasteiger partial charge on any atom is -0.324 e. The maximum absolute atomic E-state index is 13.2. The van der Waals surface area contributed by atoms with Crippen molar-refractivity contribution >= 4 is 38.9 Å². The molecule has 0 atom stereocenters. The van der Waals surface area contributed by atoms with Crippen LogP contribution in [0.15, 0.2) is 83.8 Å². The van der Waals surface area contributed by atoms with E-state index in [4.69, 9.17) is 11.6 Å². The van der Waals surface area contributed by atoms with Gasteiger partial charge in [0.1, 0.15) is 6.54 Å². The van der Waals surface area contributed by atoms with Gasteiger partial charge in [-0.3, -0.25) is 9.10 Å². The largest absolute Gasteiger partial charge is 0.324 e. The number of hydrogen-bond acceptors (Lipinski definition) is 3. The molecule has 1 N–H and O–H groups in total. The zero-order chi connectivity index (χ0) is 20.1. The van der Waals surface area contributed by atoms with Gasteiger partial charge in [0.2, 0.25) is 5.91 Å². The van der Waals surface area contributed by atoms with Crippen molar-refractivity contribution in [2.24, 2.45) is 0 Å². The van der Waals surface area contributed by atoms with Gasteiger partial charge in [-0.2, -0.15) is 0 Å². The second kappa shape index (κ2) is 8.46. The summed E-state index contributed by atoms with van der Waals surface area (Å²) in [6, 6.07) is 21.7. The molecule has 0 aliphatic carbocycles. The zero-order valence-electron chi connectivity index (χ0n) is 15.2. The minimum absolute atomic E-state index is 0.116. The summed E-state index contributed by atoms with van der Waals surface area (Å²) in [6.45, 7) is 1.42. The van der Waals surface area contributed by atoms with Crippen molar-refractivity contribution in [3.05, 3.63) is 89.4 Å². The van der Waals surface area contributed by atoms with E-state index in [1.54, 1.807) is 73.7 Å². The van der Waals surface area contributed by atoms with Gasteiger partial charge in [0, 0.05) is 10.7 Å². The Labute approximate surface area is 169 Å². The van der Waals surface area contributed by atoms with Crippen LogP contribution >= 0.6 is 11.6 Å². The zero-order valence-corrected chi connectivity index (χ0v) is 16.7. The normalized spacial score (nSPS) is 11.1. The van der Waals surface area contributed by atoms with E-state index in [1.807, 2.05) is 0 Å². The number of carbonyl (C=O) groups excluding carboxylic acids is 1. The first-order valence-corrected chi connectivity index (χ1v) is 10.4. The van der Waals surface area contributed by atoms with Gasteiger partial charge in [-0.15, -0.1) is 0 Å². The van der Waals surface area contributed by atoms with Crippen LogP contribution in [0.5, 0.6) is 0 Å². The second-order valence-electron chi connectivity index (χ2n) is 6.12. The molecule has 1 amide bonds. The molecule has 7 heteroatoms. The van der Waals surface area contributed by atoms with E-state index in [1.165, 1.54) is 12.1 Å². The molecule has 0 saturated carbocycles. The van der Waals surface area contributed by atoms with Crippen LogP contribution in [-0.2, 0) is 14.8 Å². The first-order valence-electron chi connectivity index (χ1n) is 8.57. The molecule has 5 nitrogen and oxygen atoms in total. The lowest BCUT2D eigenvalue weighted by atomic mass is 10.2. The van der Waals surface area contributed by atoms with Crippen LogP contribution in [0, 0.1) is 6.92 Å².